The van der Waals surface area contributed by atoms with Gasteiger partial charge < -0.3 is 4.74 Å². The van der Waals surface area contributed by atoms with E-state index in [9.17, 15) is 5.26 Å². The monoisotopic (exact) mass is 248 g/mol. The minimum absolute atomic E-state index is 0.341. The Morgan fingerprint density at radius 2 is 1.74 bits per heavy atom. The molecule has 2 aromatic rings. The Morgan fingerprint density at radius 1 is 1.00 bits per heavy atom. The number of nitriles is 2. The van der Waals surface area contributed by atoms with E-state index < -0.39 is 0 Å². The lowest BCUT2D eigenvalue weighted by Crippen LogP contribution is -2.00. The summed E-state index contributed by atoms with van der Waals surface area (Å²) in [4.78, 5) is 0. The zero-order valence-electron chi connectivity index (χ0n) is 10.6. The average molecular weight is 248 g/mol. The first-order chi connectivity index (χ1) is 9.26. The molecule has 0 bridgehead atoms. The van der Waals surface area contributed by atoms with Gasteiger partial charge in [0.05, 0.1) is 11.1 Å². The molecular formula is C16H12N2O. The van der Waals surface area contributed by atoms with Crippen molar-refractivity contribution in [2.24, 2.45) is 0 Å². The number of hydrogen-bond donors (Lipinski definition) is 0. The van der Waals surface area contributed by atoms with Crippen LogP contribution in [0.15, 0.2) is 42.5 Å². The molecule has 19 heavy (non-hydrogen) atoms. The summed E-state index contributed by atoms with van der Waals surface area (Å²) in [6.45, 7) is 2.17. The van der Waals surface area contributed by atoms with Gasteiger partial charge in [-0.15, -0.1) is 0 Å². The van der Waals surface area contributed by atoms with Crippen molar-refractivity contribution in [1.82, 2.24) is 0 Å². The Hall–Kier alpha value is -2.78. The molecule has 2 aromatic carbocycles. The SMILES string of the molecule is Cc1ccc(C#N)c(OCc2ccccc2)c1C#N. The fourth-order valence-electron chi connectivity index (χ4n) is 1.79. The molecule has 0 aliphatic carbocycles. The van der Waals surface area contributed by atoms with Crippen LogP contribution in [0.1, 0.15) is 22.3 Å². The largest absolute Gasteiger partial charge is 0.486 e. The second kappa shape index (κ2) is 5.71. The van der Waals surface area contributed by atoms with Crippen molar-refractivity contribution in [1.29, 1.82) is 10.5 Å². The van der Waals surface area contributed by atoms with E-state index in [4.69, 9.17) is 10.00 Å². The van der Waals surface area contributed by atoms with E-state index in [1.54, 1.807) is 12.1 Å². The highest BCUT2D eigenvalue weighted by Gasteiger charge is 2.12. The van der Waals surface area contributed by atoms with Crippen molar-refractivity contribution in [3.63, 3.8) is 0 Å². The van der Waals surface area contributed by atoms with Crippen LogP contribution in [0.4, 0.5) is 0 Å². The number of benzene rings is 2. The van der Waals surface area contributed by atoms with Gasteiger partial charge in [-0.3, -0.25) is 0 Å². The zero-order chi connectivity index (χ0) is 13.7. The van der Waals surface area contributed by atoms with E-state index in [0.29, 0.717) is 23.5 Å². The summed E-state index contributed by atoms with van der Waals surface area (Å²) >= 11 is 0. The van der Waals surface area contributed by atoms with Gasteiger partial charge in [0, 0.05) is 0 Å². The van der Waals surface area contributed by atoms with Crippen molar-refractivity contribution in [2.45, 2.75) is 13.5 Å². The lowest BCUT2D eigenvalue weighted by atomic mass is 10.0. The fraction of sp³-hybridized carbons (Fsp3) is 0.125. The van der Waals surface area contributed by atoms with Gasteiger partial charge in [0.25, 0.3) is 0 Å². The van der Waals surface area contributed by atoms with Crippen LogP contribution >= 0.6 is 0 Å². The van der Waals surface area contributed by atoms with Crippen LogP contribution in [0.2, 0.25) is 0 Å². The van der Waals surface area contributed by atoms with Gasteiger partial charge in [0.15, 0.2) is 5.75 Å². The summed E-state index contributed by atoms with van der Waals surface area (Å²) in [5.74, 6) is 0.369. The molecule has 0 atom stereocenters. The Balaban J connectivity index is 2.32. The Labute approximate surface area is 112 Å². The molecule has 0 aliphatic rings. The molecule has 0 spiro atoms. The first kappa shape index (κ1) is 12.7. The molecular weight excluding hydrogens is 236 g/mol. The molecule has 0 fully saturated rings. The van der Waals surface area contributed by atoms with Crippen LogP contribution in [-0.2, 0) is 6.61 Å². The average Bonchev–Trinajstić information content (AvgIpc) is 2.46. The lowest BCUT2D eigenvalue weighted by Gasteiger charge is -2.11. The van der Waals surface area contributed by atoms with E-state index in [-0.39, 0.29) is 0 Å². The van der Waals surface area contributed by atoms with E-state index in [0.717, 1.165) is 11.1 Å². The van der Waals surface area contributed by atoms with Crippen molar-refractivity contribution < 1.29 is 4.74 Å². The molecule has 0 N–H and O–H groups in total. The predicted molar refractivity (Wildman–Crippen MR) is 71.4 cm³/mol. The first-order valence-corrected chi connectivity index (χ1v) is 5.86. The van der Waals surface area contributed by atoms with Crippen molar-refractivity contribution in [2.75, 3.05) is 0 Å². The molecule has 3 nitrogen and oxygen atoms in total. The van der Waals surface area contributed by atoms with Gasteiger partial charge in [-0.25, -0.2) is 0 Å². The molecule has 0 radical (unpaired) electrons. The van der Waals surface area contributed by atoms with Gasteiger partial charge in [-0.1, -0.05) is 36.4 Å². The summed E-state index contributed by atoms with van der Waals surface area (Å²) in [7, 11) is 0. The topological polar surface area (TPSA) is 56.8 Å². The van der Waals surface area contributed by atoms with Crippen LogP contribution in [0.5, 0.6) is 5.75 Å². The maximum absolute atomic E-state index is 9.18. The third-order valence-electron chi connectivity index (χ3n) is 2.82. The summed E-state index contributed by atoms with van der Waals surface area (Å²) < 4.78 is 5.67. The van der Waals surface area contributed by atoms with Crippen LogP contribution < -0.4 is 4.74 Å². The van der Waals surface area contributed by atoms with Gasteiger partial charge in [0.2, 0.25) is 0 Å². The highest BCUT2D eigenvalue weighted by molar-refractivity contribution is 5.57. The molecule has 0 amide bonds. The first-order valence-electron chi connectivity index (χ1n) is 5.86. The number of aryl methyl sites for hydroxylation is 1. The van der Waals surface area contributed by atoms with Crippen molar-refractivity contribution in [3.8, 4) is 17.9 Å². The van der Waals surface area contributed by atoms with Crippen molar-refractivity contribution >= 4 is 0 Å². The molecule has 0 heterocycles. The molecule has 3 heteroatoms. The maximum Gasteiger partial charge on any atom is 0.155 e. The van der Waals surface area contributed by atoms with Crippen molar-refractivity contribution in [3.05, 3.63) is 64.7 Å². The molecule has 0 aliphatic heterocycles. The van der Waals surface area contributed by atoms with Crippen LogP contribution in [0, 0.1) is 29.6 Å². The standard InChI is InChI=1S/C16H12N2O/c1-12-7-8-14(9-17)16(15(12)10-18)19-11-13-5-3-2-4-6-13/h2-8H,11H2,1H3. The van der Waals surface area contributed by atoms with Gasteiger partial charge in [-0.05, 0) is 24.1 Å². The van der Waals surface area contributed by atoms with Crippen LogP contribution in [0.3, 0.4) is 0 Å². The molecule has 0 unspecified atom stereocenters. The molecule has 0 saturated carbocycles. The van der Waals surface area contributed by atoms with E-state index in [2.05, 4.69) is 12.1 Å². The summed E-state index contributed by atoms with van der Waals surface area (Å²) in [6, 6.07) is 17.2. The quantitative estimate of drug-likeness (QED) is 0.837. The zero-order valence-corrected chi connectivity index (χ0v) is 10.6. The third-order valence-corrected chi connectivity index (χ3v) is 2.82. The van der Waals surface area contributed by atoms with E-state index >= 15 is 0 Å². The van der Waals surface area contributed by atoms with Gasteiger partial charge in [-0.2, -0.15) is 10.5 Å². The maximum atomic E-state index is 9.18. The lowest BCUT2D eigenvalue weighted by molar-refractivity contribution is 0.304. The highest BCUT2D eigenvalue weighted by atomic mass is 16.5. The minimum atomic E-state index is 0.341. The Morgan fingerprint density at radius 3 is 2.37 bits per heavy atom. The summed E-state index contributed by atoms with van der Waals surface area (Å²) in [5.41, 5.74) is 2.62. The van der Waals surface area contributed by atoms with Crippen LogP contribution in [-0.4, -0.2) is 0 Å². The number of ether oxygens (including phenoxy) is 1. The predicted octanol–water partition coefficient (Wildman–Crippen LogP) is 3.32. The smallest absolute Gasteiger partial charge is 0.155 e. The molecule has 0 aromatic heterocycles. The van der Waals surface area contributed by atoms with Gasteiger partial charge in [0.1, 0.15) is 18.7 Å². The second-order valence-corrected chi connectivity index (χ2v) is 4.13. The molecule has 2 rings (SSSR count). The molecule has 92 valence electrons. The van der Waals surface area contributed by atoms with E-state index in [1.165, 1.54) is 0 Å². The van der Waals surface area contributed by atoms with Crippen LogP contribution in [0.25, 0.3) is 0 Å². The third kappa shape index (κ3) is 2.73. The number of nitrogens with zero attached hydrogens (tertiary/aromatic N) is 2. The second-order valence-electron chi connectivity index (χ2n) is 4.13. The normalized spacial score (nSPS) is 9.42. The number of hydrogen-bond acceptors (Lipinski definition) is 3. The summed E-state index contributed by atoms with van der Waals surface area (Å²) in [5, 5.41) is 18.3. The fourth-order valence-corrected chi connectivity index (χ4v) is 1.79. The van der Waals surface area contributed by atoms with Gasteiger partial charge >= 0.3 is 0 Å². The Kier molecular flexibility index (Phi) is 3.81. The highest BCUT2D eigenvalue weighted by Crippen LogP contribution is 2.26. The summed E-state index contributed by atoms with van der Waals surface area (Å²) in [6.07, 6.45) is 0. The minimum Gasteiger partial charge on any atom is -0.486 e. The Bertz CT molecular complexity index is 664. The number of rotatable bonds is 3. The molecule has 0 saturated heterocycles. The van der Waals surface area contributed by atoms with E-state index in [1.807, 2.05) is 37.3 Å².